The smallest absolute Gasteiger partial charge is 0.408 e. The van der Waals surface area contributed by atoms with Gasteiger partial charge in [-0.05, 0) is 84.4 Å². The number of carbonyl (C=O) groups excluding carboxylic acids is 3. The van der Waals surface area contributed by atoms with Crippen molar-refractivity contribution in [3.8, 4) is 0 Å². The molecule has 2 atom stereocenters. The van der Waals surface area contributed by atoms with Gasteiger partial charge in [0.1, 0.15) is 17.7 Å². The number of nitrogens with one attached hydrogen (secondary N) is 2. The molecule has 1 aliphatic rings. The molecule has 0 aliphatic heterocycles. The van der Waals surface area contributed by atoms with Gasteiger partial charge in [-0.15, -0.1) is 0 Å². The number of nitrogens with zero attached hydrogens (tertiary/aromatic N) is 1. The molecule has 0 bridgehead atoms. The van der Waals surface area contributed by atoms with Crippen molar-refractivity contribution in [2.75, 3.05) is 0 Å². The Hall–Kier alpha value is -3.35. The van der Waals surface area contributed by atoms with Crippen molar-refractivity contribution in [1.82, 2.24) is 15.5 Å². The highest BCUT2D eigenvalue weighted by molar-refractivity contribution is 5.93. The number of alkyl carbamates (subject to hydrolysis) is 1. The number of amides is 3. The molecule has 1 saturated carbocycles. The Balaban J connectivity index is 2.12. The SMILES string of the molecule is CCC(C)(C)N(C(=O)C(Cc1ccccc1)NC(=O)OC(C)(C)C)C(C(=O)NC1CCCCC1)c1cc(C)ccc1C. The average Bonchev–Trinajstić information content (AvgIpc) is 2.92. The normalized spacial score (nSPS) is 15.8. The third-order valence-electron chi connectivity index (χ3n) is 8.21. The molecule has 1 fully saturated rings. The summed E-state index contributed by atoms with van der Waals surface area (Å²) in [5, 5.41) is 6.18. The summed E-state index contributed by atoms with van der Waals surface area (Å²) >= 11 is 0. The van der Waals surface area contributed by atoms with Gasteiger partial charge in [-0.2, -0.15) is 0 Å². The zero-order valence-corrected chi connectivity index (χ0v) is 26.9. The van der Waals surface area contributed by atoms with E-state index in [-0.39, 0.29) is 24.3 Å². The first-order valence-corrected chi connectivity index (χ1v) is 15.5. The molecule has 0 saturated heterocycles. The molecule has 1 aliphatic carbocycles. The predicted molar refractivity (Wildman–Crippen MR) is 168 cm³/mol. The van der Waals surface area contributed by atoms with Gasteiger partial charge in [0, 0.05) is 18.0 Å². The summed E-state index contributed by atoms with van der Waals surface area (Å²) < 4.78 is 5.58. The van der Waals surface area contributed by atoms with Crippen LogP contribution in [0.5, 0.6) is 0 Å². The van der Waals surface area contributed by atoms with Crippen LogP contribution < -0.4 is 10.6 Å². The Kier molecular flexibility index (Phi) is 11.2. The first-order chi connectivity index (χ1) is 19.7. The van der Waals surface area contributed by atoms with Crippen LogP contribution in [-0.2, 0) is 20.7 Å². The number of carbonyl (C=O) groups is 3. The van der Waals surface area contributed by atoms with Gasteiger partial charge in [0.15, 0.2) is 0 Å². The third-order valence-corrected chi connectivity index (χ3v) is 8.21. The fourth-order valence-electron chi connectivity index (χ4n) is 5.59. The quantitative estimate of drug-likeness (QED) is 0.320. The Morgan fingerprint density at radius 2 is 1.60 bits per heavy atom. The lowest BCUT2D eigenvalue weighted by Crippen LogP contribution is -2.60. The van der Waals surface area contributed by atoms with Crippen molar-refractivity contribution in [3.63, 3.8) is 0 Å². The third kappa shape index (κ3) is 9.07. The number of rotatable bonds is 10. The van der Waals surface area contributed by atoms with Crippen molar-refractivity contribution in [2.45, 2.75) is 130 Å². The summed E-state index contributed by atoms with van der Waals surface area (Å²) in [6.07, 6.45) is 5.43. The molecule has 0 radical (unpaired) electrons. The zero-order valence-electron chi connectivity index (χ0n) is 26.9. The number of aryl methyl sites for hydroxylation is 2. The number of hydrogen-bond acceptors (Lipinski definition) is 4. The topological polar surface area (TPSA) is 87.7 Å². The van der Waals surface area contributed by atoms with Gasteiger partial charge in [0.05, 0.1) is 0 Å². The Labute approximate surface area is 252 Å². The zero-order chi connectivity index (χ0) is 31.1. The van der Waals surface area contributed by atoms with E-state index in [1.165, 1.54) is 6.42 Å². The van der Waals surface area contributed by atoms with Crippen LogP contribution in [0.3, 0.4) is 0 Å². The molecule has 7 nitrogen and oxygen atoms in total. The molecule has 42 heavy (non-hydrogen) atoms. The molecule has 3 amide bonds. The molecule has 0 heterocycles. The van der Waals surface area contributed by atoms with Gasteiger partial charge in [-0.25, -0.2) is 4.79 Å². The van der Waals surface area contributed by atoms with E-state index in [2.05, 4.69) is 10.6 Å². The monoisotopic (exact) mass is 577 g/mol. The van der Waals surface area contributed by atoms with Gasteiger partial charge in [-0.1, -0.05) is 80.3 Å². The summed E-state index contributed by atoms with van der Waals surface area (Å²) in [7, 11) is 0. The molecule has 2 unspecified atom stereocenters. The first kappa shape index (κ1) is 33.2. The maximum atomic E-state index is 14.8. The Bertz CT molecular complexity index is 1210. The van der Waals surface area contributed by atoms with Gasteiger partial charge < -0.3 is 20.3 Å². The lowest BCUT2D eigenvalue weighted by molar-refractivity contribution is -0.149. The summed E-state index contributed by atoms with van der Waals surface area (Å²) in [5.41, 5.74) is 2.22. The van der Waals surface area contributed by atoms with Crippen LogP contribution in [0.15, 0.2) is 48.5 Å². The van der Waals surface area contributed by atoms with E-state index in [9.17, 15) is 14.4 Å². The molecular weight excluding hydrogens is 526 g/mol. The van der Waals surface area contributed by atoms with E-state index >= 15 is 0 Å². The van der Waals surface area contributed by atoms with Gasteiger partial charge in [0.2, 0.25) is 11.8 Å². The van der Waals surface area contributed by atoms with Crippen LogP contribution in [0.4, 0.5) is 4.79 Å². The summed E-state index contributed by atoms with van der Waals surface area (Å²) in [6, 6.07) is 13.9. The molecule has 2 aromatic rings. The highest BCUT2D eigenvalue weighted by atomic mass is 16.6. The second-order valence-electron chi connectivity index (χ2n) is 13.4. The Morgan fingerprint density at radius 3 is 2.19 bits per heavy atom. The summed E-state index contributed by atoms with van der Waals surface area (Å²) in [5.74, 6) is -0.498. The first-order valence-electron chi connectivity index (χ1n) is 15.5. The highest BCUT2D eigenvalue weighted by Gasteiger charge is 2.44. The van der Waals surface area contributed by atoms with Gasteiger partial charge in [0.25, 0.3) is 0 Å². The van der Waals surface area contributed by atoms with Crippen LogP contribution in [-0.4, -0.2) is 46.0 Å². The minimum absolute atomic E-state index is 0.0839. The van der Waals surface area contributed by atoms with Crippen LogP contribution >= 0.6 is 0 Å². The standard InChI is InChI=1S/C35H51N3O4/c1-9-35(7,8)38(32(40)29(23-26-16-12-10-13-17-26)37-33(41)42-34(4,5)6)30(28-22-24(2)20-21-25(28)3)31(39)36-27-18-14-11-15-19-27/h10,12-13,16-17,20-22,27,29-30H,9,11,14-15,18-19,23H2,1-8H3,(H,36,39)(H,37,41). The van der Waals surface area contributed by atoms with Crippen LogP contribution in [0.1, 0.15) is 108 Å². The van der Waals surface area contributed by atoms with E-state index < -0.39 is 29.3 Å². The van der Waals surface area contributed by atoms with Crippen LogP contribution in [0, 0.1) is 13.8 Å². The maximum Gasteiger partial charge on any atom is 0.408 e. The fourth-order valence-corrected chi connectivity index (χ4v) is 5.59. The second-order valence-corrected chi connectivity index (χ2v) is 13.4. The lowest BCUT2D eigenvalue weighted by atomic mass is 9.88. The number of benzene rings is 2. The molecular formula is C35H51N3O4. The minimum atomic E-state index is -0.942. The van der Waals surface area contributed by atoms with E-state index in [0.717, 1.165) is 47.9 Å². The molecule has 0 aromatic heterocycles. The van der Waals surface area contributed by atoms with Crippen molar-refractivity contribution in [3.05, 3.63) is 70.8 Å². The number of hydrogen-bond donors (Lipinski definition) is 2. The lowest BCUT2D eigenvalue weighted by Gasteiger charge is -2.45. The second kappa shape index (κ2) is 14.2. The van der Waals surface area contributed by atoms with Crippen molar-refractivity contribution >= 4 is 17.9 Å². The predicted octanol–water partition coefficient (Wildman–Crippen LogP) is 6.95. The van der Waals surface area contributed by atoms with Gasteiger partial charge >= 0.3 is 6.09 Å². The molecule has 230 valence electrons. The van der Waals surface area contributed by atoms with E-state index in [1.54, 1.807) is 25.7 Å². The number of ether oxygens (including phenoxy) is 1. The molecule has 0 spiro atoms. The van der Waals surface area contributed by atoms with Crippen molar-refractivity contribution in [2.24, 2.45) is 0 Å². The average molecular weight is 578 g/mol. The summed E-state index contributed by atoms with van der Waals surface area (Å²) in [6.45, 7) is 15.4. The molecule has 2 aromatic carbocycles. The van der Waals surface area contributed by atoms with E-state index in [4.69, 9.17) is 4.74 Å². The highest BCUT2D eigenvalue weighted by Crippen LogP contribution is 2.35. The molecule has 2 N–H and O–H groups in total. The van der Waals surface area contributed by atoms with E-state index in [0.29, 0.717) is 6.42 Å². The van der Waals surface area contributed by atoms with Crippen LogP contribution in [0.25, 0.3) is 0 Å². The van der Waals surface area contributed by atoms with E-state index in [1.807, 2.05) is 83.1 Å². The fraction of sp³-hybridized carbons (Fsp3) is 0.571. The molecule has 3 rings (SSSR count). The largest absolute Gasteiger partial charge is 0.444 e. The van der Waals surface area contributed by atoms with Gasteiger partial charge in [-0.3, -0.25) is 9.59 Å². The maximum absolute atomic E-state index is 14.8. The minimum Gasteiger partial charge on any atom is -0.444 e. The van der Waals surface area contributed by atoms with Crippen molar-refractivity contribution < 1.29 is 19.1 Å². The Morgan fingerprint density at radius 1 is 0.952 bits per heavy atom. The van der Waals surface area contributed by atoms with Crippen LogP contribution in [0.2, 0.25) is 0 Å². The summed E-state index contributed by atoms with van der Waals surface area (Å²) in [4.78, 5) is 44.0. The van der Waals surface area contributed by atoms with Crippen molar-refractivity contribution in [1.29, 1.82) is 0 Å². The molecule has 7 heteroatoms.